The second-order valence-corrected chi connectivity index (χ2v) is 6.56. The molecule has 2 aromatic carbocycles. The van der Waals surface area contributed by atoms with Crippen molar-refractivity contribution in [2.75, 3.05) is 14.2 Å². The van der Waals surface area contributed by atoms with Crippen molar-refractivity contribution < 1.29 is 28.6 Å². The summed E-state index contributed by atoms with van der Waals surface area (Å²) in [7, 11) is 2.81. The van der Waals surface area contributed by atoms with Crippen molar-refractivity contribution in [3.05, 3.63) is 65.7 Å². The van der Waals surface area contributed by atoms with Crippen molar-refractivity contribution >= 4 is 18.0 Å². The SMILES string of the molecule is COC(=O)[C@H](Cc1ccc(OC)cc1)NC(=O)[C@H](C)NC(=O)OCc1ccccc1. The Morgan fingerprint density at radius 2 is 1.57 bits per heavy atom. The summed E-state index contributed by atoms with van der Waals surface area (Å²) in [6, 6.07) is 14.5. The van der Waals surface area contributed by atoms with Crippen LogP contribution in [0.15, 0.2) is 54.6 Å². The van der Waals surface area contributed by atoms with Crippen molar-refractivity contribution in [3.63, 3.8) is 0 Å². The van der Waals surface area contributed by atoms with E-state index in [1.54, 1.807) is 31.4 Å². The molecule has 0 aliphatic rings. The highest BCUT2D eigenvalue weighted by atomic mass is 16.5. The molecule has 2 aromatic rings. The van der Waals surface area contributed by atoms with E-state index in [-0.39, 0.29) is 13.0 Å². The molecule has 0 aromatic heterocycles. The average molecular weight is 414 g/mol. The number of hydrogen-bond acceptors (Lipinski definition) is 6. The molecule has 0 heterocycles. The van der Waals surface area contributed by atoms with Gasteiger partial charge in [-0.15, -0.1) is 0 Å². The van der Waals surface area contributed by atoms with Crippen molar-refractivity contribution in [1.82, 2.24) is 10.6 Å². The standard InChI is InChI=1S/C22H26N2O6/c1-15(23-22(27)30-14-17-7-5-4-6-8-17)20(25)24-19(21(26)29-3)13-16-9-11-18(28-2)12-10-16/h4-12,15,19H,13-14H2,1-3H3,(H,23,27)(H,24,25)/t15-,19-/m0/s1. The minimum Gasteiger partial charge on any atom is -0.497 e. The molecule has 0 saturated heterocycles. The number of ether oxygens (including phenoxy) is 3. The van der Waals surface area contributed by atoms with Gasteiger partial charge in [0.2, 0.25) is 5.91 Å². The van der Waals surface area contributed by atoms with E-state index in [2.05, 4.69) is 10.6 Å². The fourth-order valence-electron chi connectivity index (χ4n) is 2.64. The lowest BCUT2D eigenvalue weighted by Crippen LogP contribution is -2.51. The Balaban J connectivity index is 1.89. The molecule has 0 aliphatic carbocycles. The highest BCUT2D eigenvalue weighted by Crippen LogP contribution is 2.13. The number of rotatable bonds is 9. The van der Waals surface area contributed by atoms with E-state index in [1.807, 2.05) is 30.3 Å². The van der Waals surface area contributed by atoms with Crippen LogP contribution in [0.4, 0.5) is 4.79 Å². The summed E-state index contributed by atoms with van der Waals surface area (Å²) in [6.45, 7) is 1.59. The lowest BCUT2D eigenvalue weighted by atomic mass is 10.1. The van der Waals surface area contributed by atoms with E-state index < -0.39 is 30.1 Å². The second kappa shape index (κ2) is 11.5. The topological polar surface area (TPSA) is 103 Å². The summed E-state index contributed by atoms with van der Waals surface area (Å²) < 4.78 is 15.0. The van der Waals surface area contributed by atoms with Gasteiger partial charge >= 0.3 is 12.1 Å². The number of alkyl carbamates (subject to hydrolysis) is 1. The molecule has 8 nitrogen and oxygen atoms in total. The maximum absolute atomic E-state index is 12.5. The van der Waals surface area contributed by atoms with E-state index >= 15 is 0 Å². The van der Waals surface area contributed by atoms with Crippen LogP contribution in [-0.2, 0) is 32.1 Å². The molecule has 2 N–H and O–H groups in total. The minimum absolute atomic E-state index is 0.0866. The minimum atomic E-state index is -0.906. The largest absolute Gasteiger partial charge is 0.497 e. The Bertz CT molecular complexity index is 838. The molecule has 0 aliphatic heterocycles. The van der Waals surface area contributed by atoms with Gasteiger partial charge < -0.3 is 24.8 Å². The van der Waals surface area contributed by atoms with Crippen molar-refractivity contribution in [2.45, 2.75) is 32.0 Å². The highest BCUT2D eigenvalue weighted by molar-refractivity contribution is 5.89. The van der Waals surface area contributed by atoms with Crippen LogP contribution < -0.4 is 15.4 Å². The predicted molar refractivity (Wildman–Crippen MR) is 110 cm³/mol. The second-order valence-electron chi connectivity index (χ2n) is 6.56. The van der Waals surface area contributed by atoms with Gasteiger partial charge in [-0.2, -0.15) is 0 Å². The van der Waals surface area contributed by atoms with E-state index in [1.165, 1.54) is 14.0 Å². The Hall–Kier alpha value is -3.55. The number of carbonyl (C=O) groups is 3. The maximum Gasteiger partial charge on any atom is 0.408 e. The van der Waals surface area contributed by atoms with Gasteiger partial charge in [0.15, 0.2) is 0 Å². The van der Waals surface area contributed by atoms with Crippen LogP contribution in [0.25, 0.3) is 0 Å². The van der Waals surface area contributed by atoms with Gasteiger partial charge in [-0.3, -0.25) is 4.79 Å². The van der Waals surface area contributed by atoms with Crippen LogP contribution >= 0.6 is 0 Å². The Morgan fingerprint density at radius 3 is 2.17 bits per heavy atom. The van der Waals surface area contributed by atoms with Gasteiger partial charge in [-0.25, -0.2) is 9.59 Å². The first kappa shape index (κ1) is 22.7. The van der Waals surface area contributed by atoms with E-state index in [4.69, 9.17) is 14.2 Å². The van der Waals surface area contributed by atoms with E-state index in [9.17, 15) is 14.4 Å². The van der Waals surface area contributed by atoms with Crippen LogP contribution in [-0.4, -0.2) is 44.3 Å². The third-order valence-electron chi connectivity index (χ3n) is 4.34. The zero-order valence-electron chi connectivity index (χ0n) is 17.2. The van der Waals surface area contributed by atoms with Gasteiger partial charge in [0, 0.05) is 6.42 Å². The molecule has 0 saturated carbocycles. The van der Waals surface area contributed by atoms with Crippen LogP contribution in [0.2, 0.25) is 0 Å². The fourth-order valence-corrected chi connectivity index (χ4v) is 2.64. The third kappa shape index (κ3) is 7.12. The normalized spacial score (nSPS) is 12.2. The van der Waals surface area contributed by atoms with Crippen molar-refractivity contribution in [3.8, 4) is 5.75 Å². The zero-order chi connectivity index (χ0) is 21.9. The molecular formula is C22H26N2O6. The number of nitrogens with one attached hydrogen (secondary N) is 2. The molecule has 0 spiro atoms. The Morgan fingerprint density at radius 1 is 0.900 bits per heavy atom. The zero-order valence-corrected chi connectivity index (χ0v) is 17.2. The van der Waals surface area contributed by atoms with E-state index in [0.29, 0.717) is 5.75 Å². The first-order valence-corrected chi connectivity index (χ1v) is 9.41. The molecule has 0 fully saturated rings. The molecule has 30 heavy (non-hydrogen) atoms. The van der Waals surface area contributed by atoms with Crippen LogP contribution in [0.1, 0.15) is 18.1 Å². The fraction of sp³-hybridized carbons (Fsp3) is 0.318. The molecule has 0 unspecified atom stereocenters. The Kier molecular flexibility index (Phi) is 8.68. The first-order valence-electron chi connectivity index (χ1n) is 9.41. The lowest BCUT2D eigenvalue weighted by molar-refractivity contribution is -0.145. The number of esters is 1. The summed E-state index contributed by atoms with van der Waals surface area (Å²) in [5, 5.41) is 5.06. The first-order chi connectivity index (χ1) is 14.4. The number of methoxy groups -OCH3 is 2. The average Bonchev–Trinajstić information content (AvgIpc) is 2.77. The quantitative estimate of drug-likeness (QED) is 0.610. The van der Waals surface area contributed by atoms with Crippen LogP contribution in [0.5, 0.6) is 5.75 Å². The third-order valence-corrected chi connectivity index (χ3v) is 4.34. The predicted octanol–water partition coefficient (Wildman–Crippen LogP) is 2.21. The van der Waals surface area contributed by atoms with E-state index in [0.717, 1.165) is 11.1 Å². The number of carbonyl (C=O) groups excluding carboxylic acids is 3. The van der Waals surface area contributed by atoms with Gasteiger partial charge in [0.1, 0.15) is 24.4 Å². The number of benzene rings is 2. The van der Waals surface area contributed by atoms with Crippen molar-refractivity contribution in [2.24, 2.45) is 0 Å². The van der Waals surface area contributed by atoms with Gasteiger partial charge in [-0.05, 0) is 30.2 Å². The van der Waals surface area contributed by atoms with Crippen LogP contribution in [0, 0.1) is 0 Å². The molecular weight excluding hydrogens is 388 g/mol. The molecule has 0 bridgehead atoms. The molecule has 2 amide bonds. The summed E-state index contributed by atoms with van der Waals surface area (Å²) in [6.07, 6.45) is -0.501. The van der Waals surface area contributed by atoms with Crippen molar-refractivity contribution in [1.29, 1.82) is 0 Å². The monoisotopic (exact) mass is 414 g/mol. The highest BCUT2D eigenvalue weighted by Gasteiger charge is 2.25. The summed E-state index contributed by atoms with van der Waals surface area (Å²) in [5.74, 6) is -0.433. The number of hydrogen-bond donors (Lipinski definition) is 2. The van der Waals surface area contributed by atoms with Gasteiger partial charge in [0.25, 0.3) is 0 Å². The summed E-state index contributed by atoms with van der Waals surface area (Å²) >= 11 is 0. The summed E-state index contributed by atoms with van der Waals surface area (Å²) in [5.41, 5.74) is 1.64. The molecule has 8 heteroatoms. The van der Waals surface area contributed by atoms with Gasteiger partial charge in [0.05, 0.1) is 14.2 Å². The number of amides is 2. The molecule has 2 atom stereocenters. The molecule has 160 valence electrons. The molecule has 0 radical (unpaired) electrons. The van der Waals surface area contributed by atoms with Crippen LogP contribution in [0.3, 0.4) is 0 Å². The smallest absolute Gasteiger partial charge is 0.408 e. The maximum atomic E-state index is 12.5. The lowest BCUT2D eigenvalue weighted by Gasteiger charge is -2.20. The Labute approximate surface area is 175 Å². The molecule has 2 rings (SSSR count). The van der Waals surface area contributed by atoms with Gasteiger partial charge in [-0.1, -0.05) is 42.5 Å². The summed E-state index contributed by atoms with van der Waals surface area (Å²) in [4.78, 5) is 36.5.